The van der Waals surface area contributed by atoms with E-state index in [4.69, 9.17) is 5.11 Å². The van der Waals surface area contributed by atoms with E-state index in [-0.39, 0.29) is 18.9 Å². The fraction of sp³-hybridized carbons (Fsp3) is 0.385. The number of halogens is 1. The topological polar surface area (TPSA) is 69.6 Å². The quantitative estimate of drug-likeness (QED) is 0.804. The maximum atomic E-state index is 11.9. The number of rotatable bonds is 7. The Morgan fingerprint density at radius 2 is 2.05 bits per heavy atom. The van der Waals surface area contributed by atoms with Gasteiger partial charge < -0.3 is 10.4 Å². The summed E-state index contributed by atoms with van der Waals surface area (Å²) in [4.78, 5) is 24.2. The highest BCUT2D eigenvalue weighted by Crippen LogP contribution is 2.20. The Morgan fingerprint density at radius 3 is 2.63 bits per heavy atom. The molecule has 0 radical (unpaired) electrons. The third-order valence-corrected chi connectivity index (χ3v) is 3.30. The molecule has 0 heterocycles. The number of amides is 1. The first-order chi connectivity index (χ1) is 9.02. The Bertz CT molecular complexity index is 451. The van der Waals surface area contributed by atoms with Crippen molar-refractivity contribution in [2.24, 2.45) is 0 Å². The van der Waals surface area contributed by atoms with Gasteiger partial charge in [-0.05, 0) is 34.6 Å². The first-order valence-electron chi connectivity index (χ1n) is 6.01. The Labute approximate surface area is 120 Å². The standard InChI is InChI=1S/C13H17BrN2O3/c1-2-16(8-7-13(18)19)9-12(17)15-11-6-4-3-5-10(11)14/h3-6H,2,7-9H2,1H3,(H,15,17)(H,18,19). The number of carbonyl (C=O) groups excluding carboxylic acids is 1. The van der Waals surface area contributed by atoms with Gasteiger partial charge in [0.1, 0.15) is 0 Å². The SMILES string of the molecule is CCN(CCC(=O)O)CC(=O)Nc1ccccc1Br. The second-order valence-electron chi connectivity index (χ2n) is 4.04. The van der Waals surface area contributed by atoms with E-state index in [1.165, 1.54) is 0 Å². The molecule has 0 atom stereocenters. The van der Waals surface area contributed by atoms with Crippen LogP contribution in [0.2, 0.25) is 0 Å². The number of nitrogens with zero attached hydrogens (tertiary/aromatic N) is 1. The van der Waals surface area contributed by atoms with Crippen LogP contribution in [0.25, 0.3) is 0 Å². The van der Waals surface area contributed by atoms with Crippen molar-refractivity contribution in [1.82, 2.24) is 4.90 Å². The molecular weight excluding hydrogens is 312 g/mol. The summed E-state index contributed by atoms with van der Waals surface area (Å²) in [5.41, 5.74) is 0.710. The molecule has 0 aromatic heterocycles. The molecule has 5 nitrogen and oxygen atoms in total. The minimum Gasteiger partial charge on any atom is -0.481 e. The highest BCUT2D eigenvalue weighted by atomic mass is 79.9. The number of benzene rings is 1. The Morgan fingerprint density at radius 1 is 1.37 bits per heavy atom. The predicted octanol–water partition coefficient (Wildman–Crippen LogP) is 2.18. The summed E-state index contributed by atoms with van der Waals surface area (Å²) in [6.45, 7) is 3.09. The van der Waals surface area contributed by atoms with E-state index in [1.54, 1.807) is 11.0 Å². The largest absolute Gasteiger partial charge is 0.481 e. The number of anilines is 1. The van der Waals surface area contributed by atoms with Crippen molar-refractivity contribution >= 4 is 33.5 Å². The van der Waals surface area contributed by atoms with Crippen molar-refractivity contribution in [1.29, 1.82) is 0 Å². The summed E-state index contributed by atoms with van der Waals surface area (Å²) < 4.78 is 0.817. The van der Waals surface area contributed by atoms with Gasteiger partial charge in [-0.3, -0.25) is 14.5 Å². The number of hydrogen-bond donors (Lipinski definition) is 2. The number of hydrogen-bond acceptors (Lipinski definition) is 3. The van der Waals surface area contributed by atoms with E-state index in [9.17, 15) is 9.59 Å². The lowest BCUT2D eigenvalue weighted by atomic mass is 10.3. The van der Waals surface area contributed by atoms with E-state index in [0.717, 1.165) is 4.47 Å². The molecule has 6 heteroatoms. The zero-order chi connectivity index (χ0) is 14.3. The lowest BCUT2D eigenvalue weighted by Crippen LogP contribution is -2.34. The number of carboxylic acid groups (broad SMARTS) is 1. The van der Waals surface area contributed by atoms with Gasteiger partial charge in [-0.1, -0.05) is 19.1 Å². The minimum absolute atomic E-state index is 0.0378. The number of likely N-dealkylation sites (N-methyl/N-ethyl adjacent to an activating group) is 1. The Hall–Kier alpha value is -1.40. The van der Waals surface area contributed by atoms with Crippen molar-refractivity contribution in [3.8, 4) is 0 Å². The van der Waals surface area contributed by atoms with Crippen LogP contribution >= 0.6 is 15.9 Å². The number of nitrogens with one attached hydrogen (secondary N) is 1. The summed E-state index contributed by atoms with van der Waals surface area (Å²) in [7, 11) is 0. The first kappa shape index (κ1) is 15.7. The molecule has 104 valence electrons. The number of carbonyl (C=O) groups is 2. The normalized spacial score (nSPS) is 10.5. The Kier molecular flexibility index (Phi) is 6.52. The van der Waals surface area contributed by atoms with Crippen LogP contribution < -0.4 is 5.32 Å². The van der Waals surface area contributed by atoms with Crippen LogP contribution in [0.5, 0.6) is 0 Å². The molecule has 0 bridgehead atoms. The van der Waals surface area contributed by atoms with Crippen LogP contribution in [0.15, 0.2) is 28.7 Å². The molecule has 0 fully saturated rings. The van der Waals surface area contributed by atoms with Gasteiger partial charge in [0.05, 0.1) is 18.7 Å². The summed E-state index contributed by atoms with van der Waals surface area (Å²) in [5, 5.41) is 11.4. The summed E-state index contributed by atoms with van der Waals surface area (Å²) in [5.74, 6) is -1.01. The third-order valence-electron chi connectivity index (χ3n) is 2.60. The second-order valence-corrected chi connectivity index (χ2v) is 4.89. The lowest BCUT2D eigenvalue weighted by molar-refractivity contribution is -0.137. The first-order valence-corrected chi connectivity index (χ1v) is 6.80. The van der Waals surface area contributed by atoms with Crippen molar-refractivity contribution in [3.05, 3.63) is 28.7 Å². The molecule has 1 amide bonds. The molecule has 0 spiro atoms. The van der Waals surface area contributed by atoms with Crippen LogP contribution in [0.1, 0.15) is 13.3 Å². The average molecular weight is 329 g/mol. The van der Waals surface area contributed by atoms with Gasteiger partial charge in [0.2, 0.25) is 5.91 Å². The van der Waals surface area contributed by atoms with Crippen molar-refractivity contribution in [3.63, 3.8) is 0 Å². The van der Waals surface area contributed by atoms with Crippen LogP contribution in [0, 0.1) is 0 Å². The predicted molar refractivity (Wildman–Crippen MR) is 77.1 cm³/mol. The molecule has 0 unspecified atom stereocenters. The van der Waals surface area contributed by atoms with E-state index in [0.29, 0.717) is 18.8 Å². The van der Waals surface area contributed by atoms with Gasteiger partial charge in [-0.2, -0.15) is 0 Å². The average Bonchev–Trinajstić information content (AvgIpc) is 2.37. The van der Waals surface area contributed by atoms with E-state index >= 15 is 0 Å². The van der Waals surface area contributed by atoms with Gasteiger partial charge in [-0.15, -0.1) is 0 Å². The fourth-order valence-electron chi connectivity index (χ4n) is 1.56. The molecule has 1 aromatic rings. The molecular formula is C13H17BrN2O3. The van der Waals surface area contributed by atoms with E-state index in [2.05, 4.69) is 21.2 Å². The molecule has 0 aliphatic heterocycles. The smallest absolute Gasteiger partial charge is 0.304 e. The van der Waals surface area contributed by atoms with Crippen molar-refractivity contribution in [2.75, 3.05) is 25.0 Å². The molecule has 2 N–H and O–H groups in total. The van der Waals surface area contributed by atoms with Gasteiger partial charge in [-0.25, -0.2) is 0 Å². The maximum absolute atomic E-state index is 11.9. The monoisotopic (exact) mass is 328 g/mol. The Balaban J connectivity index is 2.49. The van der Waals surface area contributed by atoms with E-state index in [1.807, 2.05) is 25.1 Å². The zero-order valence-corrected chi connectivity index (χ0v) is 12.3. The summed E-state index contributed by atoms with van der Waals surface area (Å²) >= 11 is 3.35. The second kappa shape index (κ2) is 7.91. The summed E-state index contributed by atoms with van der Waals surface area (Å²) in [6.07, 6.45) is 0.0378. The van der Waals surface area contributed by atoms with Gasteiger partial charge >= 0.3 is 5.97 Å². The molecule has 0 saturated heterocycles. The van der Waals surface area contributed by atoms with Crippen LogP contribution in [-0.4, -0.2) is 41.5 Å². The molecule has 1 rings (SSSR count). The molecule has 19 heavy (non-hydrogen) atoms. The van der Waals surface area contributed by atoms with Crippen molar-refractivity contribution in [2.45, 2.75) is 13.3 Å². The number of para-hydroxylation sites is 1. The molecule has 0 aliphatic rings. The lowest BCUT2D eigenvalue weighted by Gasteiger charge is -2.19. The van der Waals surface area contributed by atoms with Crippen LogP contribution in [0.3, 0.4) is 0 Å². The van der Waals surface area contributed by atoms with Gasteiger partial charge in [0.15, 0.2) is 0 Å². The third kappa shape index (κ3) is 5.85. The maximum Gasteiger partial charge on any atom is 0.304 e. The summed E-state index contributed by atoms with van der Waals surface area (Å²) in [6, 6.07) is 7.35. The highest BCUT2D eigenvalue weighted by molar-refractivity contribution is 9.10. The van der Waals surface area contributed by atoms with Crippen LogP contribution in [0.4, 0.5) is 5.69 Å². The van der Waals surface area contributed by atoms with Crippen LogP contribution in [-0.2, 0) is 9.59 Å². The van der Waals surface area contributed by atoms with Gasteiger partial charge in [0, 0.05) is 11.0 Å². The highest BCUT2D eigenvalue weighted by Gasteiger charge is 2.11. The molecule has 1 aromatic carbocycles. The van der Waals surface area contributed by atoms with Crippen molar-refractivity contribution < 1.29 is 14.7 Å². The molecule has 0 aliphatic carbocycles. The number of aliphatic carboxylic acids is 1. The number of carboxylic acids is 1. The zero-order valence-electron chi connectivity index (χ0n) is 10.7. The minimum atomic E-state index is -0.857. The molecule has 0 saturated carbocycles. The van der Waals surface area contributed by atoms with E-state index < -0.39 is 5.97 Å². The van der Waals surface area contributed by atoms with Gasteiger partial charge in [0.25, 0.3) is 0 Å². The fourth-order valence-corrected chi connectivity index (χ4v) is 1.94.